The Bertz CT molecular complexity index is 91.4. The van der Waals surface area contributed by atoms with E-state index in [-0.39, 0.29) is 6.15 Å². The van der Waals surface area contributed by atoms with Crippen LogP contribution in [-0.2, 0) is 9.59 Å². The largest absolute Gasteiger partial charge is 0.543 e. The summed E-state index contributed by atoms with van der Waals surface area (Å²) in [6.45, 7) is 3.01. The van der Waals surface area contributed by atoms with Crippen molar-refractivity contribution in [3.8, 4) is 0 Å². The van der Waals surface area contributed by atoms with Gasteiger partial charge in [0, 0.05) is 0 Å². The van der Waals surface area contributed by atoms with Crippen LogP contribution in [-0.4, -0.2) is 18.5 Å². The number of hydrogen-bond donors (Lipinski definition) is 2. The molecule has 0 aromatic heterocycles. The van der Waals surface area contributed by atoms with Crippen molar-refractivity contribution in [3.05, 3.63) is 0 Å². The normalized spacial score (nSPS) is 6.20. The number of aliphatic carboxylic acids is 2. The van der Waals surface area contributed by atoms with E-state index in [9.17, 15) is 0 Å². The lowest BCUT2D eigenvalue weighted by atomic mass is 10.7. The highest BCUT2D eigenvalue weighted by molar-refractivity contribution is 6.25. The molecule has 0 spiro atoms. The predicted octanol–water partition coefficient (Wildman–Crippen LogP) is -3.89. The molecule has 6 nitrogen and oxygen atoms in total. The summed E-state index contributed by atoms with van der Waals surface area (Å²) in [5, 5.41) is 17.9. The highest BCUT2D eigenvalue weighted by atomic mass is 16.4. The van der Waals surface area contributed by atoms with Crippen LogP contribution in [0.2, 0.25) is 0 Å². The topological polar surface area (TPSA) is 144 Å². The average molecular weight is 152 g/mol. The van der Waals surface area contributed by atoms with Gasteiger partial charge in [0.15, 0.2) is 0 Å². The van der Waals surface area contributed by atoms with Crippen molar-refractivity contribution in [2.75, 3.05) is 6.54 Å². The van der Waals surface area contributed by atoms with Gasteiger partial charge >= 0.3 is 0 Å². The van der Waals surface area contributed by atoms with Gasteiger partial charge in [-0.15, -0.1) is 0 Å². The van der Waals surface area contributed by atoms with Gasteiger partial charge in [0.25, 0.3) is 0 Å². The van der Waals surface area contributed by atoms with Crippen molar-refractivity contribution in [3.63, 3.8) is 0 Å². The second-order valence-corrected chi connectivity index (χ2v) is 1.07. The lowest BCUT2D eigenvalue weighted by Crippen LogP contribution is -2.48. The molecule has 0 aliphatic carbocycles. The van der Waals surface area contributed by atoms with Crippen molar-refractivity contribution >= 4 is 11.9 Å². The fourth-order valence-corrected chi connectivity index (χ4v) is 0. The molecule has 7 N–H and O–H groups in total. The smallest absolute Gasteiger partial charge is 0.0870 e. The molecule has 10 heavy (non-hydrogen) atoms. The molecule has 0 rings (SSSR count). The number of carbonyl (C=O) groups excluding carboxylic acids is 2. The maximum absolute atomic E-state index is 8.93. The van der Waals surface area contributed by atoms with Crippen LogP contribution in [0.4, 0.5) is 0 Å². The Kier molecular flexibility index (Phi) is 17.2. The van der Waals surface area contributed by atoms with Crippen LogP contribution >= 0.6 is 0 Å². The summed E-state index contributed by atoms with van der Waals surface area (Å²) < 4.78 is 0. The van der Waals surface area contributed by atoms with Crippen LogP contribution in [0.5, 0.6) is 0 Å². The second kappa shape index (κ2) is 10.8. The number of carboxylic acid groups (broad SMARTS) is 2. The first-order chi connectivity index (χ1) is 4.06. The molecule has 0 heterocycles. The number of carboxylic acids is 2. The Morgan fingerprint density at radius 2 is 1.40 bits per heavy atom. The van der Waals surface area contributed by atoms with Crippen LogP contribution in [0.3, 0.4) is 0 Å². The summed E-state index contributed by atoms with van der Waals surface area (Å²) in [4.78, 5) is 17.9. The number of carbonyl (C=O) groups is 2. The molecule has 6 heteroatoms. The first-order valence-electron chi connectivity index (χ1n) is 2.27. The van der Waals surface area contributed by atoms with E-state index < -0.39 is 11.9 Å². The van der Waals surface area contributed by atoms with Crippen LogP contribution in [0.25, 0.3) is 0 Å². The first kappa shape index (κ1) is 15.9. The third kappa shape index (κ3) is 28.8. The zero-order valence-corrected chi connectivity index (χ0v) is 6.05. The minimum Gasteiger partial charge on any atom is -0.543 e. The van der Waals surface area contributed by atoms with Crippen molar-refractivity contribution in [1.82, 2.24) is 6.15 Å². The fourth-order valence-electron chi connectivity index (χ4n) is 0. The first-order valence-corrected chi connectivity index (χ1v) is 2.27. The zero-order valence-electron chi connectivity index (χ0n) is 6.05. The van der Waals surface area contributed by atoms with E-state index in [1.165, 1.54) is 0 Å². The van der Waals surface area contributed by atoms with Crippen LogP contribution in [0, 0.1) is 0 Å². The van der Waals surface area contributed by atoms with Crippen LogP contribution in [0.15, 0.2) is 0 Å². The molecule has 0 aliphatic rings. The molecule has 0 bridgehead atoms. The summed E-state index contributed by atoms with van der Waals surface area (Å²) in [5.74, 6) is -4.37. The van der Waals surface area contributed by atoms with Gasteiger partial charge in [0.05, 0.1) is 18.5 Å². The van der Waals surface area contributed by atoms with Crippen molar-refractivity contribution in [2.24, 2.45) is 0 Å². The highest BCUT2D eigenvalue weighted by Gasteiger charge is 1.74. The Balaban J connectivity index is -0.000000107. The highest BCUT2D eigenvalue weighted by Crippen LogP contribution is 1.41. The molecule has 0 aromatic carbocycles. The Hall–Kier alpha value is -1.14. The average Bonchev–Trinajstić information content (AvgIpc) is 1.68. The molecule has 0 saturated heterocycles. The summed E-state index contributed by atoms with van der Waals surface area (Å²) >= 11 is 0. The third-order valence-electron chi connectivity index (χ3n) is 0.167. The molecular formula is C4H12N2O4. The maximum atomic E-state index is 8.93. The summed E-state index contributed by atoms with van der Waals surface area (Å²) in [6.07, 6.45) is 0. The maximum Gasteiger partial charge on any atom is 0.0870 e. The molecule has 0 aromatic rings. The van der Waals surface area contributed by atoms with Gasteiger partial charge in [-0.2, -0.15) is 0 Å². The van der Waals surface area contributed by atoms with Crippen molar-refractivity contribution < 1.29 is 25.5 Å². The molecule has 0 aliphatic heterocycles. The van der Waals surface area contributed by atoms with E-state index in [0.717, 1.165) is 6.54 Å². The van der Waals surface area contributed by atoms with Gasteiger partial charge < -0.3 is 31.7 Å². The molecule has 0 unspecified atom stereocenters. The van der Waals surface area contributed by atoms with Crippen LogP contribution in [0.1, 0.15) is 6.92 Å². The second-order valence-electron chi connectivity index (χ2n) is 1.07. The molecule has 0 amide bonds. The van der Waals surface area contributed by atoms with Gasteiger partial charge in [-0.3, -0.25) is 0 Å². The quantitative estimate of drug-likeness (QED) is 0.342. The molecule has 0 radical (unpaired) electrons. The SMILES string of the molecule is CC[NH3+].O=C([O-])C(=O)[O-].[NH4+]. The van der Waals surface area contributed by atoms with Crippen molar-refractivity contribution in [2.45, 2.75) is 6.92 Å². The molecule has 62 valence electrons. The van der Waals surface area contributed by atoms with Gasteiger partial charge in [-0.1, -0.05) is 0 Å². The Labute approximate surface area is 58.2 Å². The van der Waals surface area contributed by atoms with Gasteiger partial charge in [0.2, 0.25) is 0 Å². The Morgan fingerprint density at radius 1 is 1.30 bits per heavy atom. The van der Waals surface area contributed by atoms with E-state index >= 15 is 0 Å². The van der Waals surface area contributed by atoms with E-state index in [2.05, 4.69) is 5.73 Å². The molecule has 0 saturated carbocycles. The number of rotatable bonds is 0. The Morgan fingerprint density at radius 3 is 1.40 bits per heavy atom. The zero-order chi connectivity index (χ0) is 7.86. The standard InChI is InChI=1S/C2H7N.C2H2O4.H3N/c1-2-3;3-1(4)2(5)6;/h2-3H2,1H3;(H,3,4)(H,5,6);1H3. The molecule has 0 fully saturated rings. The van der Waals surface area contributed by atoms with Crippen LogP contribution < -0.4 is 22.1 Å². The summed E-state index contributed by atoms with van der Waals surface area (Å²) in [6, 6.07) is 0. The monoisotopic (exact) mass is 152 g/mol. The third-order valence-corrected chi connectivity index (χ3v) is 0.167. The van der Waals surface area contributed by atoms with E-state index in [1.54, 1.807) is 0 Å². The lowest BCUT2D eigenvalue weighted by Gasteiger charge is -1.97. The minimum absolute atomic E-state index is 0. The minimum atomic E-state index is -2.19. The number of quaternary nitrogens is 2. The summed E-state index contributed by atoms with van der Waals surface area (Å²) in [7, 11) is 0. The lowest BCUT2D eigenvalue weighted by molar-refractivity contribution is -0.361. The predicted molar refractivity (Wildman–Crippen MR) is 29.4 cm³/mol. The van der Waals surface area contributed by atoms with Crippen molar-refractivity contribution in [1.29, 1.82) is 0 Å². The van der Waals surface area contributed by atoms with E-state index in [4.69, 9.17) is 19.8 Å². The van der Waals surface area contributed by atoms with Gasteiger partial charge in [-0.25, -0.2) is 0 Å². The fraction of sp³-hybridized carbons (Fsp3) is 0.500. The number of hydrogen-bond acceptors (Lipinski definition) is 4. The van der Waals surface area contributed by atoms with E-state index in [0.29, 0.717) is 0 Å². The summed E-state index contributed by atoms with van der Waals surface area (Å²) in [5.41, 5.74) is 3.49. The molecule has 0 atom stereocenters. The van der Waals surface area contributed by atoms with Gasteiger partial charge in [-0.05, 0) is 6.92 Å². The molecular weight excluding hydrogens is 140 g/mol. The van der Waals surface area contributed by atoms with Gasteiger partial charge in [0.1, 0.15) is 0 Å². The van der Waals surface area contributed by atoms with E-state index in [1.807, 2.05) is 6.92 Å².